The minimum atomic E-state index is -0.226. The fraction of sp³-hybridized carbons (Fsp3) is 0.0952. The van der Waals surface area contributed by atoms with Gasteiger partial charge in [0.25, 0.3) is 5.91 Å². The van der Waals surface area contributed by atoms with E-state index in [1.807, 2.05) is 41.8 Å². The number of anilines is 1. The average Bonchev–Trinajstić information content (AvgIpc) is 2.99. The van der Waals surface area contributed by atoms with Gasteiger partial charge in [-0.2, -0.15) is 0 Å². The third kappa shape index (κ3) is 3.72. The molecule has 140 valence electrons. The van der Waals surface area contributed by atoms with Crippen LogP contribution in [0.25, 0.3) is 11.0 Å². The maximum Gasteiger partial charge on any atom is 0.256 e. The van der Waals surface area contributed by atoms with E-state index in [0.29, 0.717) is 28.0 Å². The van der Waals surface area contributed by atoms with Gasteiger partial charge < -0.3 is 9.88 Å². The molecule has 0 bridgehead atoms. The molecule has 0 saturated carbocycles. The van der Waals surface area contributed by atoms with Crippen molar-refractivity contribution in [2.75, 3.05) is 5.32 Å². The summed E-state index contributed by atoms with van der Waals surface area (Å²) < 4.78 is 2.03. The molecule has 0 saturated heterocycles. The van der Waals surface area contributed by atoms with Crippen LogP contribution in [0.15, 0.2) is 60.8 Å². The van der Waals surface area contributed by atoms with E-state index in [1.54, 1.807) is 30.5 Å². The number of benzene rings is 2. The van der Waals surface area contributed by atoms with Crippen molar-refractivity contribution in [3.8, 4) is 0 Å². The lowest BCUT2D eigenvalue weighted by Gasteiger charge is -2.10. The predicted octanol–water partition coefficient (Wildman–Crippen LogP) is 5.35. The van der Waals surface area contributed by atoms with Crippen LogP contribution < -0.4 is 5.32 Å². The molecule has 1 N–H and O–H groups in total. The molecule has 4 rings (SSSR count). The first-order valence-corrected chi connectivity index (χ1v) is 9.40. The Morgan fingerprint density at radius 3 is 2.71 bits per heavy atom. The number of nitrogens with one attached hydrogen (secondary N) is 1. The summed E-state index contributed by atoms with van der Waals surface area (Å²) >= 11 is 12.3. The Bertz CT molecular complexity index is 1170. The van der Waals surface area contributed by atoms with Crippen molar-refractivity contribution >= 4 is 46.0 Å². The Hall–Kier alpha value is -2.89. The van der Waals surface area contributed by atoms with Crippen molar-refractivity contribution in [2.45, 2.75) is 13.5 Å². The summed E-state index contributed by atoms with van der Waals surface area (Å²) in [6, 6.07) is 16.2. The van der Waals surface area contributed by atoms with Crippen LogP contribution in [0.5, 0.6) is 0 Å². The Labute approximate surface area is 171 Å². The first-order chi connectivity index (χ1) is 13.5. The Morgan fingerprint density at radius 1 is 1.11 bits per heavy atom. The number of fused-ring (bicyclic) bond motifs is 1. The topological polar surface area (TPSA) is 59.8 Å². The summed E-state index contributed by atoms with van der Waals surface area (Å²) in [5.41, 5.74) is 3.13. The number of hydrogen-bond acceptors (Lipinski definition) is 3. The zero-order valence-electron chi connectivity index (χ0n) is 15.0. The van der Waals surface area contributed by atoms with Crippen LogP contribution in [0.3, 0.4) is 0 Å². The monoisotopic (exact) mass is 410 g/mol. The normalized spacial score (nSPS) is 11.0. The molecule has 0 aliphatic heterocycles. The number of amides is 1. The zero-order chi connectivity index (χ0) is 19.7. The minimum absolute atomic E-state index is 0.226. The Morgan fingerprint density at radius 2 is 1.96 bits per heavy atom. The van der Waals surface area contributed by atoms with Crippen LogP contribution in [0.1, 0.15) is 21.7 Å². The van der Waals surface area contributed by atoms with E-state index in [4.69, 9.17) is 23.2 Å². The van der Waals surface area contributed by atoms with Crippen molar-refractivity contribution < 1.29 is 4.79 Å². The van der Waals surface area contributed by atoms with Gasteiger partial charge in [0, 0.05) is 21.8 Å². The molecule has 0 radical (unpaired) electrons. The highest BCUT2D eigenvalue weighted by Crippen LogP contribution is 2.25. The molecule has 0 spiro atoms. The van der Waals surface area contributed by atoms with Crippen LogP contribution >= 0.6 is 23.2 Å². The molecule has 7 heteroatoms. The molecule has 2 heterocycles. The molecule has 0 aliphatic rings. The number of carbonyl (C=O) groups excluding carboxylic acids is 1. The summed E-state index contributed by atoms with van der Waals surface area (Å²) in [7, 11) is 0. The molecule has 28 heavy (non-hydrogen) atoms. The van der Waals surface area contributed by atoms with E-state index in [9.17, 15) is 4.79 Å². The lowest BCUT2D eigenvalue weighted by atomic mass is 10.1. The van der Waals surface area contributed by atoms with E-state index in [0.717, 1.165) is 22.4 Å². The maximum absolute atomic E-state index is 12.6. The molecular formula is C21H16Cl2N4O. The maximum atomic E-state index is 12.6. The second kappa shape index (κ2) is 7.62. The number of carbonyl (C=O) groups is 1. The molecule has 0 atom stereocenters. The fourth-order valence-electron chi connectivity index (χ4n) is 3.03. The molecular weight excluding hydrogens is 395 g/mol. The second-order valence-corrected chi connectivity index (χ2v) is 7.20. The smallest absolute Gasteiger partial charge is 0.256 e. The summed E-state index contributed by atoms with van der Waals surface area (Å²) in [5, 5.41) is 3.99. The lowest BCUT2D eigenvalue weighted by molar-refractivity contribution is 0.102. The molecule has 2 aromatic carbocycles. The van der Waals surface area contributed by atoms with Crippen LogP contribution in [0.2, 0.25) is 10.0 Å². The zero-order valence-corrected chi connectivity index (χ0v) is 16.5. The van der Waals surface area contributed by atoms with Gasteiger partial charge in [-0.1, -0.05) is 35.3 Å². The molecule has 4 aromatic rings. The van der Waals surface area contributed by atoms with Crippen molar-refractivity contribution in [3.63, 3.8) is 0 Å². The number of halogens is 2. The molecule has 1 amide bonds. The first-order valence-electron chi connectivity index (χ1n) is 8.64. The minimum Gasteiger partial charge on any atom is -0.324 e. The predicted molar refractivity (Wildman–Crippen MR) is 112 cm³/mol. The Balaban J connectivity index is 1.69. The number of pyridine rings is 1. The lowest BCUT2D eigenvalue weighted by Crippen LogP contribution is -2.13. The molecule has 2 aromatic heterocycles. The van der Waals surface area contributed by atoms with Gasteiger partial charge in [0.05, 0.1) is 17.6 Å². The van der Waals surface area contributed by atoms with Crippen molar-refractivity contribution in [2.24, 2.45) is 0 Å². The van der Waals surface area contributed by atoms with Crippen molar-refractivity contribution in [1.82, 2.24) is 14.5 Å². The standard InChI is InChI=1S/C21H16Cl2N4O/c1-13-25-18-8-6-14(21(28)26-20-4-2-3-9-24-20)10-19(18)27(13)12-15-5-7-16(22)11-17(15)23/h2-11H,12H2,1H3,(H,24,26,28). The second-order valence-electron chi connectivity index (χ2n) is 6.35. The number of aryl methyl sites for hydroxylation is 1. The molecule has 5 nitrogen and oxygen atoms in total. The SMILES string of the molecule is Cc1nc2ccc(C(=O)Nc3ccccn3)cc2n1Cc1ccc(Cl)cc1Cl. The number of hydrogen-bond donors (Lipinski definition) is 1. The Kier molecular flexibility index (Phi) is 5.03. The quantitative estimate of drug-likeness (QED) is 0.493. The number of nitrogens with zero attached hydrogens (tertiary/aromatic N) is 3. The van der Waals surface area contributed by atoms with E-state index < -0.39 is 0 Å². The molecule has 0 fully saturated rings. The van der Waals surface area contributed by atoms with E-state index in [-0.39, 0.29) is 5.91 Å². The van der Waals surface area contributed by atoms with Crippen molar-refractivity contribution in [1.29, 1.82) is 0 Å². The van der Waals surface area contributed by atoms with E-state index >= 15 is 0 Å². The van der Waals surface area contributed by atoms with Crippen LogP contribution in [-0.2, 0) is 6.54 Å². The first kappa shape index (κ1) is 18.5. The van der Waals surface area contributed by atoms with Gasteiger partial charge in [-0.25, -0.2) is 9.97 Å². The van der Waals surface area contributed by atoms with Gasteiger partial charge in [0.15, 0.2) is 0 Å². The van der Waals surface area contributed by atoms with Gasteiger partial charge >= 0.3 is 0 Å². The number of rotatable bonds is 4. The third-order valence-corrected chi connectivity index (χ3v) is 5.04. The number of imidazole rings is 1. The van der Waals surface area contributed by atoms with E-state index in [2.05, 4.69) is 15.3 Å². The van der Waals surface area contributed by atoms with Crippen molar-refractivity contribution in [3.05, 3.63) is 87.8 Å². The summed E-state index contributed by atoms with van der Waals surface area (Å²) in [4.78, 5) is 21.3. The van der Waals surface area contributed by atoms with Crippen LogP contribution in [0.4, 0.5) is 5.82 Å². The van der Waals surface area contributed by atoms with E-state index in [1.165, 1.54) is 0 Å². The molecule has 0 unspecified atom stereocenters. The molecule has 0 aliphatic carbocycles. The van der Waals surface area contributed by atoms with Crippen LogP contribution in [0, 0.1) is 6.92 Å². The van der Waals surface area contributed by atoms with Gasteiger partial charge in [-0.05, 0) is 55.0 Å². The van der Waals surface area contributed by atoms with Gasteiger partial charge in [-0.15, -0.1) is 0 Å². The van der Waals surface area contributed by atoms with Crippen LogP contribution in [-0.4, -0.2) is 20.4 Å². The summed E-state index contributed by atoms with van der Waals surface area (Å²) in [6.07, 6.45) is 1.63. The fourth-order valence-corrected chi connectivity index (χ4v) is 3.50. The van der Waals surface area contributed by atoms with Gasteiger partial charge in [0.1, 0.15) is 11.6 Å². The highest BCUT2D eigenvalue weighted by molar-refractivity contribution is 6.35. The highest BCUT2D eigenvalue weighted by atomic mass is 35.5. The number of aromatic nitrogens is 3. The van der Waals surface area contributed by atoms with Gasteiger partial charge in [0.2, 0.25) is 0 Å². The largest absolute Gasteiger partial charge is 0.324 e. The highest BCUT2D eigenvalue weighted by Gasteiger charge is 2.14. The van der Waals surface area contributed by atoms with Gasteiger partial charge in [-0.3, -0.25) is 4.79 Å². The average molecular weight is 411 g/mol. The summed E-state index contributed by atoms with van der Waals surface area (Å²) in [5.74, 6) is 1.11. The third-order valence-electron chi connectivity index (χ3n) is 4.45. The summed E-state index contributed by atoms with van der Waals surface area (Å²) in [6.45, 7) is 2.46.